The van der Waals surface area contributed by atoms with Crippen LogP contribution in [0.5, 0.6) is 0 Å². The number of Topliss-reactive ketones (excluding diaryl/α,β-unsaturated/α-hetero) is 1. The Morgan fingerprint density at radius 2 is 2.18 bits per heavy atom. The number of hydrogen-bond donors (Lipinski definition) is 0. The van der Waals surface area contributed by atoms with E-state index in [4.69, 9.17) is 0 Å². The molecule has 1 aromatic rings. The third kappa shape index (κ3) is 3.41. The summed E-state index contributed by atoms with van der Waals surface area (Å²) in [7, 11) is 3.68. The van der Waals surface area contributed by atoms with Crippen LogP contribution in [0, 0.1) is 5.92 Å². The van der Waals surface area contributed by atoms with Gasteiger partial charge in [0.05, 0.1) is 11.9 Å². The van der Waals surface area contributed by atoms with E-state index in [1.165, 1.54) is 10.7 Å². The third-order valence-corrected chi connectivity index (χ3v) is 2.84. The van der Waals surface area contributed by atoms with Crippen LogP contribution in [0.2, 0.25) is 0 Å². The molecule has 0 amide bonds. The highest BCUT2D eigenvalue weighted by Crippen LogP contribution is 2.05. The van der Waals surface area contributed by atoms with Gasteiger partial charge in [-0.2, -0.15) is 5.10 Å². The van der Waals surface area contributed by atoms with Crippen LogP contribution in [0.25, 0.3) is 0 Å². The van der Waals surface area contributed by atoms with Crippen molar-refractivity contribution in [2.75, 3.05) is 19.0 Å². The molecule has 0 fully saturated rings. The minimum Gasteiger partial charge on any atom is -0.376 e. The van der Waals surface area contributed by atoms with E-state index < -0.39 is 0 Å². The molecule has 0 spiro atoms. The smallest absolute Gasteiger partial charge is 0.269 e. The first-order chi connectivity index (χ1) is 7.95. The molecule has 94 valence electrons. The van der Waals surface area contributed by atoms with Gasteiger partial charge in [-0.25, -0.2) is 4.68 Å². The Kier molecular flexibility index (Phi) is 4.43. The number of rotatable bonds is 5. The molecule has 0 saturated heterocycles. The zero-order valence-corrected chi connectivity index (χ0v) is 10.8. The number of carbonyl (C=O) groups excluding carboxylic acids is 1. The first-order valence-corrected chi connectivity index (χ1v) is 5.73. The first-order valence-electron chi connectivity index (χ1n) is 5.73. The topological polar surface area (TPSA) is 55.2 Å². The second-order valence-electron chi connectivity index (χ2n) is 4.38. The lowest BCUT2D eigenvalue weighted by molar-refractivity contribution is -0.123. The van der Waals surface area contributed by atoms with Crippen LogP contribution < -0.4 is 10.5 Å². The molecule has 0 aliphatic carbocycles. The largest absolute Gasteiger partial charge is 0.376 e. The van der Waals surface area contributed by atoms with Crippen molar-refractivity contribution in [2.45, 2.75) is 26.8 Å². The van der Waals surface area contributed by atoms with Gasteiger partial charge in [0.25, 0.3) is 5.56 Å². The number of aromatic nitrogens is 2. The zero-order valence-electron chi connectivity index (χ0n) is 10.8. The van der Waals surface area contributed by atoms with Gasteiger partial charge in [-0.15, -0.1) is 0 Å². The van der Waals surface area contributed by atoms with Crippen molar-refractivity contribution in [2.24, 2.45) is 5.92 Å². The highest BCUT2D eigenvalue weighted by molar-refractivity contribution is 5.80. The Morgan fingerprint density at radius 3 is 2.65 bits per heavy atom. The van der Waals surface area contributed by atoms with Crippen molar-refractivity contribution in [3.8, 4) is 0 Å². The van der Waals surface area contributed by atoms with Crippen LogP contribution in [0.1, 0.15) is 20.3 Å². The fraction of sp³-hybridized carbons (Fsp3) is 0.583. The third-order valence-electron chi connectivity index (χ3n) is 2.84. The van der Waals surface area contributed by atoms with Gasteiger partial charge in [-0.3, -0.25) is 9.59 Å². The lowest BCUT2D eigenvalue weighted by Gasteiger charge is -2.13. The molecule has 1 atom stereocenters. The van der Waals surface area contributed by atoms with Crippen LogP contribution in [0.15, 0.2) is 17.1 Å². The summed E-state index contributed by atoms with van der Waals surface area (Å²) < 4.78 is 1.21. The minimum absolute atomic E-state index is 0.0303. The molecule has 5 nitrogen and oxygen atoms in total. The SMILES string of the molecule is CCC(C)C(=O)Cn1ncc(N(C)C)cc1=O. The van der Waals surface area contributed by atoms with Gasteiger partial charge in [0.15, 0.2) is 5.78 Å². The molecular formula is C12H19N3O2. The van der Waals surface area contributed by atoms with Crippen LogP contribution in [-0.2, 0) is 11.3 Å². The Morgan fingerprint density at radius 1 is 1.53 bits per heavy atom. The molecule has 0 radical (unpaired) electrons. The number of ketones is 1. The highest BCUT2D eigenvalue weighted by Gasteiger charge is 2.12. The summed E-state index contributed by atoms with van der Waals surface area (Å²) in [5.74, 6) is 0.0110. The summed E-state index contributed by atoms with van der Waals surface area (Å²) in [5.41, 5.74) is 0.495. The molecule has 1 heterocycles. The summed E-state index contributed by atoms with van der Waals surface area (Å²) in [6.07, 6.45) is 2.37. The quantitative estimate of drug-likeness (QED) is 0.764. The van der Waals surface area contributed by atoms with Crippen LogP contribution >= 0.6 is 0 Å². The molecule has 5 heteroatoms. The average molecular weight is 237 g/mol. The van der Waals surface area contributed by atoms with Gasteiger partial charge in [0.1, 0.15) is 6.54 Å². The molecule has 0 saturated carbocycles. The van der Waals surface area contributed by atoms with E-state index in [9.17, 15) is 9.59 Å². The molecule has 1 unspecified atom stereocenters. The van der Waals surface area contributed by atoms with E-state index in [0.29, 0.717) is 0 Å². The summed E-state index contributed by atoms with van der Waals surface area (Å²) >= 11 is 0. The Hall–Kier alpha value is -1.65. The van der Waals surface area contributed by atoms with Crippen molar-refractivity contribution in [3.05, 3.63) is 22.6 Å². The number of anilines is 1. The van der Waals surface area contributed by atoms with Gasteiger partial charge in [0.2, 0.25) is 0 Å². The Bertz CT molecular complexity index is 451. The summed E-state index contributed by atoms with van der Waals surface area (Å²) in [6.45, 7) is 3.87. The Labute approximate surface area is 101 Å². The zero-order chi connectivity index (χ0) is 13.0. The van der Waals surface area contributed by atoms with Gasteiger partial charge in [-0.05, 0) is 6.42 Å². The van der Waals surface area contributed by atoms with Gasteiger partial charge >= 0.3 is 0 Å². The van der Waals surface area contributed by atoms with E-state index in [1.54, 1.807) is 11.1 Å². The van der Waals surface area contributed by atoms with Crippen molar-refractivity contribution in [1.29, 1.82) is 0 Å². The summed E-state index contributed by atoms with van der Waals surface area (Å²) in [5, 5.41) is 4.00. The monoisotopic (exact) mass is 237 g/mol. The van der Waals surface area contributed by atoms with Crippen molar-refractivity contribution in [1.82, 2.24) is 9.78 Å². The van der Waals surface area contributed by atoms with E-state index in [2.05, 4.69) is 5.10 Å². The van der Waals surface area contributed by atoms with Gasteiger partial charge in [0, 0.05) is 26.1 Å². The second kappa shape index (κ2) is 5.61. The fourth-order valence-corrected chi connectivity index (χ4v) is 1.32. The number of carbonyl (C=O) groups is 1. The maximum Gasteiger partial charge on any atom is 0.269 e. The predicted octanol–water partition coefficient (Wildman–Crippen LogP) is 0.925. The molecule has 17 heavy (non-hydrogen) atoms. The van der Waals surface area contributed by atoms with E-state index in [1.807, 2.05) is 27.9 Å². The van der Waals surface area contributed by atoms with Gasteiger partial charge < -0.3 is 4.90 Å². The van der Waals surface area contributed by atoms with Crippen molar-refractivity contribution >= 4 is 11.5 Å². The van der Waals surface area contributed by atoms with E-state index in [0.717, 1.165) is 12.1 Å². The predicted molar refractivity (Wildman–Crippen MR) is 67.3 cm³/mol. The normalized spacial score (nSPS) is 12.2. The Balaban J connectivity index is 2.87. The second-order valence-corrected chi connectivity index (χ2v) is 4.38. The van der Waals surface area contributed by atoms with Gasteiger partial charge in [-0.1, -0.05) is 13.8 Å². The van der Waals surface area contributed by atoms with Crippen molar-refractivity contribution < 1.29 is 4.79 Å². The van der Waals surface area contributed by atoms with Crippen LogP contribution in [0.3, 0.4) is 0 Å². The lowest BCUT2D eigenvalue weighted by Crippen LogP contribution is -2.29. The maximum absolute atomic E-state index is 11.7. The van der Waals surface area contributed by atoms with E-state index in [-0.39, 0.29) is 23.8 Å². The molecule has 0 aromatic carbocycles. The summed E-state index contributed by atoms with van der Waals surface area (Å²) in [6, 6.07) is 1.48. The highest BCUT2D eigenvalue weighted by atomic mass is 16.1. The molecule has 1 aromatic heterocycles. The first kappa shape index (κ1) is 13.4. The fourth-order valence-electron chi connectivity index (χ4n) is 1.32. The summed E-state index contributed by atoms with van der Waals surface area (Å²) in [4.78, 5) is 25.2. The maximum atomic E-state index is 11.7. The molecule has 1 rings (SSSR count). The number of hydrogen-bond acceptors (Lipinski definition) is 4. The molecule has 0 aliphatic rings. The molecule has 0 bridgehead atoms. The minimum atomic E-state index is -0.243. The van der Waals surface area contributed by atoms with Crippen LogP contribution in [0.4, 0.5) is 5.69 Å². The molecule has 0 aliphatic heterocycles. The van der Waals surface area contributed by atoms with Crippen molar-refractivity contribution in [3.63, 3.8) is 0 Å². The standard InChI is InChI=1S/C12H19N3O2/c1-5-9(2)11(16)8-15-12(17)6-10(7-13-15)14(3)4/h6-7,9H,5,8H2,1-4H3. The number of nitrogens with zero attached hydrogens (tertiary/aromatic N) is 3. The lowest BCUT2D eigenvalue weighted by atomic mass is 10.0. The molecule has 0 N–H and O–H groups in total. The molecular weight excluding hydrogens is 218 g/mol. The van der Waals surface area contributed by atoms with E-state index >= 15 is 0 Å². The van der Waals surface area contributed by atoms with Crippen LogP contribution in [-0.4, -0.2) is 29.7 Å². The average Bonchev–Trinajstić information content (AvgIpc) is 2.30.